The molecule has 33 heavy (non-hydrogen) atoms. The van der Waals surface area contributed by atoms with Gasteiger partial charge in [-0.1, -0.05) is 30.3 Å². The summed E-state index contributed by atoms with van der Waals surface area (Å²) in [5.74, 6) is 1.22. The smallest absolute Gasteiger partial charge is 0.237 e. The zero-order valence-corrected chi connectivity index (χ0v) is 18.9. The molecule has 2 aromatic carbocycles. The Morgan fingerprint density at radius 2 is 1.94 bits per heavy atom. The van der Waals surface area contributed by atoms with Gasteiger partial charge in [-0.2, -0.15) is 5.10 Å². The van der Waals surface area contributed by atoms with Crippen molar-refractivity contribution in [3.8, 4) is 11.5 Å². The van der Waals surface area contributed by atoms with Gasteiger partial charge in [-0.05, 0) is 43.7 Å². The van der Waals surface area contributed by atoms with Crippen molar-refractivity contribution in [3.05, 3.63) is 77.1 Å². The Hall–Kier alpha value is -3.65. The Bertz CT molecular complexity index is 1090. The topological polar surface area (TPSA) is 99.3 Å². The molecule has 2 heterocycles. The first-order chi connectivity index (χ1) is 16.0. The Kier molecular flexibility index (Phi) is 7.04. The predicted octanol–water partition coefficient (Wildman–Crippen LogP) is 2.83. The summed E-state index contributed by atoms with van der Waals surface area (Å²) in [5, 5.41) is 12.9. The van der Waals surface area contributed by atoms with E-state index in [0.717, 1.165) is 34.0 Å². The average Bonchev–Trinajstić information content (AvgIpc) is 3.13. The summed E-state index contributed by atoms with van der Waals surface area (Å²) < 4.78 is 5.94. The monoisotopic (exact) mass is 447 g/mol. The molecule has 2 amide bonds. The van der Waals surface area contributed by atoms with E-state index in [1.807, 2.05) is 73.3 Å². The van der Waals surface area contributed by atoms with Gasteiger partial charge in [0.25, 0.3) is 0 Å². The van der Waals surface area contributed by atoms with Crippen molar-refractivity contribution in [1.29, 1.82) is 0 Å². The summed E-state index contributed by atoms with van der Waals surface area (Å²) in [6.07, 6.45) is 0.0992. The lowest BCUT2D eigenvalue weighted by atomic mass is 10.1. The largest absolute Gasteiger partial charge is 0.457 e. The quantitative estimate of drug-likeness (QED) is 0.493. The average molecular weight is 448 g/mol. The van der Waals surface area contributed by atoms with Crippen LogP contribution in [-0.4, -0.2) is 46.0 Å². The van der Waals surface area contributed by atoms with Crippen molar-refractivity contribution < 1.29 is 14.3 Å². The van der Waals surface area contributed by atoms with Gasteiger partial charge in [0.2, 0.25) is 11.8 Å². The van der Waals surface area contributed by atoms with E-state index in [2.05, 4.69) is 20.8 Å². The maximum Gasteiger partial charge on any atom is 0.237 e. The van der Waals surface area contributed by atoms with Crippen molar-refractivity contribution in [2.24, 2.45) is 0 Å². The molecule has 8 nitrogen and oxygen atoms in total. The van der Waals surface area contributed by atoms with E-state index < -0.39 is 6.04 Å². The van der Waals surface area contributed by atoms with Crippen molar-refractivity contribution in [3.63, 3.8) is 0 Å². The molecule has 1 aliphatic heterocycles. The number of aromatic nitrogens is 2. The Balaban J connectivity index is 1.39. The minimum Gasteiger partial charge on any atom is -0.457 e. The van der Waals surface area contributed by atoms with Crippen molar-refractivity contribution in [1.82, 2.24) is 25.7 Å². The lowest BCUT2D eigenvalue weighted by molar-refractivity contribution is -0.134. The van der Waals surface area contributed by atoms with E-state index in [1.165, 1.54) is 0 Å². The van der Waals surface area contributed by atoms with E-state index in [-0.39, 0.29) is 18.2 Å². The molecule has 0 radical (unpaired) electrons. The normalized spacial score (nSPS) is 16.3. The number of aromatic amines is 1. The lowest BCUT2D eigenvalue weighted by Gasteiger charge is -2.34. The highest BCUT2D eigenvalue weighted by Gasteiger charge is 2.31. The number of aryl methyl sites for hydroxylation is 2. The van der Waals surface area contributed by atoms with Crippen LogP contribution in [0, 0.1) is 13.8 Å². The lowest BCUT2D eigenvalue weighted by Crippen LogP contribution is -2.56. The van der Waals surface area contributed by atoms with Crippen LogP contribution in [0.2, 0.25) is 0 Å². The maximum atomic E-state index is 12.7. The van der Waals surface area contributed by atoms with Crippen LogP contribution >= 0.6 is 0 Å². The molecule has 1 fully saturated rings. The Morgan fingerprint density at radius 3 is 2.70 bits per heavy atom. The molecule has 1 atom stereocenters. The second kappa shape index (κ2) is 10.3. The number of carbonyl (C=O) groups excluding carboxylic acids is 2. The predicted molar refractivity (Wildman–Crippen MR) is 125 cm³/mol. The number of piperazine rings is 1. The number of nitrogens with zero attached hydrogens (tertiary/aromatic N) is 2. The fourth-order valence-corrected chi connectivity index (χ4v) is 4.01. The number of hydrogen-bond acceptors (Lipinski definition) is 5. The number of rotatable bonds is 8. The molecule has 172 valence electrons. The third-order valence-corrected chi connectivity index (χ3v) is 5.83. The highest BCUT2D eigenvalue weighted by Crippen LogP contribution is 2.23. The molecule has 0 aliphatic carbocycles. The van der Waals surface area contributed by atoms with E-state index >= 15 is 0 Å². The second-order valence-electron chi connectivity index (χ2n) is 8.23. The molecule has 3 aromatic rings. The third kappa shape index (κ3) is 5.78. The first-order valence-electron chi connectivity index (χ1n) is 11.1. The summed E-state index contributed by atoms with van der Waals surface area (Å²) >= 11 is 0. The van der Waals surface area contributed by atoms with Gasteiger partial charge in [-0.25, -0.2) is 0 Å². The SMILES string of the molecule is Cc1n[nH]c(C)c1CNC(=O)CC1C(=O)NCCN1Cc1cccc(Oc2ccccc2)c1. The third-order valence-electron chi connectivity index (χ3n) is 5.83. The van der Waals surface area contributed by atoms with Gasteiger partial charge < -0.3 is 15.4 Å². The number of hydrogen-bond donors (Lipinski definition) is 3. The molecule has 1 unspecified atom stereocenters. The number of carbonyl (C=O) groups is 2. The van der Waals surface area contributed by atoms with Crippen LogP contribution in [0.15, 0.2) is 54.6 Å². The van der Waals surface area contributed by atoms with Crippen LogP contribution in [0.4, 0.5) is 0 Å². The number of benzene rings is 2. The van der Waals surface area contributed by atoms with Crippen LogP contribution < -0.4 is 15.4 Å². The summed E-state index contributed by atoms with van der Waals surface area (Å²) in [6, 6.07) is 16.9. The number of H-pyrrole nitrogens is 1. The van der Waals surface area contributed by atoms with Crippen molar-refractivity contribution in [2.45, 2.75) is 39.4 Å². The molecule has 1 aromatic heterocycles. The number of para-hydroxylation sites is 1. The van der Waals surface area contributed by atoms with Gasteiger partial charge in [0.05, 0.1) is 18.2 Å². The van der Waals surface area contributed by atoms with Crippen molar-refractivity contribution in [2.75, 3.05) is 13.1 Å². The van der Waals surface area contributed by atoms with Gasteiger partial charge in [-0.3, -0.25) is 19.6 Å². The molecule has 0 saturated carbocycles. The molecule has 0 spiro atoms. The molecule has 4 rings (SSSR count). The van der Waals surface area contributed by atoms with Crippen LogP contribution in [-0.2, 0) is 22.7 Å². The van der Waals surface area contributed by atoms with E-state index in [9.17, 15) is 9.59 Å². The van der Waals surface area contributed by atoms with Crippen molar-refractivity contribution >= 4 is 11.8 Å². The first kappa shape index (κ1) is 22.5. The fourth-order valence-electron chi connectivity index (χ4n) is 4.01. The number of ether oxygens (including phenoxy) is 1. The summed E-state index contributed by atoms with van der Waals surface area (Å²) in [5.41, 5.74) is 3.79. The number of nitrogens with one attached hydrogen (secondary N) is 3. The highest BCUT2D eigenvalue weighted by molar-refractivity contribution is 5.88. The summed E-state index contributed by atoms with van der Waals surface area (Å²) in [6.45, 7) is 6.00. The second-order valence-corrected chi connectivity index (χ2v) is 8.23. The van der Waals surface area contributed by atoms with E-state index in [1.54, 1.807) is 0 Å². The first-order valence-corrected chi connectivity index (χ1v) is 11.1. The van der Waals surface area contributed by atoms with Gasteiger partial charge in [-0.15, -0.1) is 0 Å². The van der Waals surface area contributed by atoms with E-state index in [4.69, 9.17) is 4.74 Å². The zero-order chi connectivity index (χ0) is 23.2. The molecule has 1 aliphatic rings. The zero-order valence-electron chi connectivity index (χ0n) is 18.9. The fraction of sp³-hybridized carbons (Fsp3) is 0.320. The highest BCUT2D eigenvalue weighted by atomic mass is 16.5. The molecule has 3 N–H and O–H groups in total. The summed E-state index contributed by atoms with van der Waals surface area (Å²) in [7, 11) is 0. The standard InChI is InChI=1S/C25H29N5O3/c1-17-22(18(2)29-28-17)15-27-24(31)14-23-25(32)26-11-12-30(23)16-19-7-6-10-21(13-19)33-20-8-4-3-5-9-20/h3-10,13,23H,11-12,14-16H2,1-2H3,(H,26,32)(H,27,31)(H,28,29). The van der Waals surface area contributed by atoms with Crippen LogP contribution in [0.3, 0.4) is 0 Å². The minimum atomic E-state index is -0.524. The summed E-state index contributed by atoms with van der Waals surface area (Å²) in [4.78, 5) is 27.3. The maximum absolute atomic E-state index is 12.7. The van der Waals surface area contributed by atoms with Gasteiger partial charge in [0.15, 0.2) is 0 Å². The van der Waals surface area contributed by atoms with Gasteiger partial charge in [0.1, 0.15) is 11.5 Å². The Morgan fingerprint density at radius 1 is 1.15 bits per heavy atom. The van der Waals surface area contributed by atoms with Crippen LogP contribution in [0.5, 0.6) is 11.5 Å². The van der Waals surface area contributed by atoms with Crippen LogP contribution in [0.1, 0.15) is 28.9 Å². The van der Waals surface area contributed by atoms with E-state index in [0.29, 0.717) is 26.2 Å². The van der Waals surface area contributed by atoms with Gasteiger partial charge >= 0.3 is 0 Å². The van der Waals surface area contributed by atoms with Crippen LogP contribution in [0.25, 0.3) is 0 Å². The molecule has 1 saturated heterocycles. The molecule has 0 bridgehead atoms. The molecular formula is C25H29N5O3. The minimum absolute atomic E-state index is 0.0992. The molecule has 8 heteroatoms. The Labute approximate surface area is 193 Å². The molecular weight excluding hydrogens is 418 g/mol. The van der Waals surface area contributed by atoms with Gasteiger partial charge in [0, 0.05) is 37.4 Å². The number of amides is 2.